The number of methoxy groups -OCH3 is 1. The molecule has 1 amide bonds. The van der Waals surface area contributed by atoms with E-state index < -0.39 is 10.0 Å². The zero-order chi connectivity index (χ0) is 24.6. The van der Waals surface area contributed by atoms with Crippen LogP contribution in [0.5, 0.6) is 5.75 Å². The van der Waals surface area contributed by atoms with Gasteiger partial charge in [0.25, 0.3) is 0 Å². The van der Waals surface area contributed by atoms with Gasteiger partial charge in [0.2, 0.25) is 15.9 Å². The second-order valence-corrected chi connectivity index (χ2v) is 10.5. The summed E-state index contributed by atoms with van der Waals surface area (Å²) < 4.78 is 32.2. The van der Waals surface area contributed by atoms with E-state index >= 15 is 0 Å². The van der Waals surface area contributed by atoms with Gasteiger partial charge in [-0.1, -0.05) is 29.7 Å². The van der Waals surface area contributed by atoms with E-state index in [9.17, 15) is 13.2 Å². The van der Waals surface area contributed by atoms with E-state index in [4.69, 9.17) is 22.8 Å². The number of carbonyl (C=O) groups excluding carboxylic acids is 1. The molecule has 0 spiro atoms. The molecule has 1 heterocycles. The largest absolute Gasteiger partial charge is 0.496 e. The van der Waals surface area contributed by atoms with Crippen LogP contribution < -0.4 is 9.46 Å². The Hall–Kier alpha value is -2.83. The number of terminal acetylenes is 1. The Morgan fingerprint density at radius 3 is 2.59 bits per heavy atom. The number of sulfonamides is 1. The minimum atomic E-state index is -3.65. The van der Waals surface area contributed by atoms with Crippen LogP contribution in [0.15, 0.2) is 64.2 Å². The third kappa shape index (κ3) is 7.08. The van der Waals surface area contributed by atoms with Crippen molar-refractivity contribution >= 4 is 38.9 Å². The molecule has 3 aromatic rings. The number of rotatable bonds is 11. The number of nitrogens with one attached hydrogen (secondary N) is 1. The molecular weight excluding hydrogens is 492 g/mol. The maximum Gasteiger partial charge on any atom is 0.241 e. The van der Waals surface area contributed by atoms with Crippen LogP contribution in [0, 0.1) is 12.3 Å². The van der Waals surface area contributed by atoms with Crippen LogP contribution in [0.3, 0.4) is 0 Å². The molecule has 0 aliphatic rings. The monoisotopic (exact) mass is 516 g/mol. The number of nitrogens with zero attached hydrogens (tertiary/aromatic N) is 1. The Morgan fingerprint density at radius 1 is 1.18 bits per heavy atom. The summed E-state index contributed by atoms with van der Waals surface area (Å²) in [6, 6.07) is 13.8. The maximum absolute atomic E-state index is 13.2. The number of halogens is 1. The SMILES string of the molecule is C#CCNS(=O)(=O)c1ccc(CCN(Cc2cc(Cl)ccc2OC)C(=O)Cc2ccsc2)cc1. The number of hydrogen-bond donors (Lipinski definition) is 1. The second-order valence-electron chi connectivity index (χ2n) is 7.50. The van der Waals surface area contributed by atoms with E-state index in [1.54, 1.807) is 53.7 Å². The molecular formula is C25H25ClN2O4S2. The third-order valence-electron chi connectivity index (χ3n) is 5.16. The molecule has 34 heavy (non-hydrogen) atoms. The number of benzene rings is 2. The Morgan fingerprint density at radius 2 is 1.94 bits per heavy atom. The van der Waals surface area contributed by atoms with Gasteiger partial charge in [-0.2, -0.15) is 16.1 Å². The molecule has 0 fully saturated rings. The van der Waals surface area contributed by atoms with Crippen LogP contribution in [0.1, 0.15) is 16.7 Å². The molecule has 9 heteroatoms. The van der Waals surface area contributed by atoms with E-state index in [0.29, 0.717) is 36.7 Å². The van der Waals surface area contributed by atoms with Crippen LogP contribution in [0.2, 0.25) is 5.02 Å². The molecule has 1 aromatic heterocycles. The van der Waals surface area contributed by atoms with Crippen LogP contribution in [0.25, 0.3) is 0 Å². The van der Waals surface area contributed by atoms with Crippen molar-refractivity contribution < 1.29 is 17.9 Å². The van der Waals surface area contributed by atoms with Crippen molar-refractivity contribution in [1.82, 2.24) is 9.62 Å². The molecule has 0 unspecified atom stereocenters. The first-order valence-corrected chi connectivity index (χ1v) is 13.3. The molecule has 1 N–H and O–H groups in total. The van der Waals surface area contributed by atoms with E-state index in [2.05, 4.69) is 10.6 Å². The van der Waals surface area contributed by atoms with E-state index in [1.165, 1.54) is 12.1 Å². The lowest BCUT2D eigenvalue weighted by atomic mass is 10.1. The van der Waals surface area contributed by atoms with Crippen molar-refractivity contribution in [2.75, 3.05) is 20.2 Å². The van der Waals surface area contributed by atoms with Gasteiger partial charge in [-0.15, -0.1) is 6.42 Å². The minimum absolute atomic E-state index is 0.0156. The highest BCUT2D eigenvalue weighted by Crippen LogP contribution is 2.25. The quantitative estimate of drug-likeness (QED) is 0.389. The number of ether oxygens (including phenoxy) is 1. The number of hydrogen-bond acceptors (Lipinski definition) is 5. The molecule has 0 aliphatic heterocycles. The summed E-state index contributed by atoms with van der Waals surface area (Å²) in [5.74, 6) is 2.89. The van der Waals surface area contributed by atoms with Crippen molar-refractivity contribution in [3.63, 3.8) is 0 Å². The third-order valence-corrected chi connectivity index (χ3v) is 7.54. The molecule has 0 atom stereocenters. The van der Waals surface area contributed by atoms with Crippen molar-refractivity contribution in [2.24, 2.45) is 0 Å². The lowest BCUT2D eigenvalue weighted by Gasteiger charge is -2.24. The van der Waals surface area contributed by atoms with Crippen LogP contribution in [-0.4, -0.2) is 39.4 Å². The van der Waals surface area contributed by atoms with Gasteiger partial charge in [0.1, 0.15) is 5.75 Å². The average molecular weight is 517 g/mol. The van der Waals surface area contributed by atoms with Gasteiger partial charge in [-0.05, 0) is 64.7 Å². The summed E-state index contributed by atoms with van der Waals surface area (Å²) in [5, 5.41) is 4.47. The van der Waals surface area contributed by atoms with Crippen molar-refractivity contribution in [3.05, 3.63) is 81.0 Å². The lowest BCUT2D eigenvalue weighted by molar-refractivity contribution is -0.131. The van der Waals surface area contributed by atoms with Gasteiger partial charge in [0, 0.05) is 23.7 Å². The van der Waals surface area contributed by atoms with Crippen LogP contribution in [-0.2, 0) is 34.2 Å². The number of amides is 1. The highest BCUT2D eigenvalue weighted by molar-refractivity contribution is 7.89. The summed E-state index contributed by atoms with van der Waals surface area (Å²) in [4.78, 5) is 15.1. The fraction of sp³-hybridized carbons (Fsp3) is 0.240. The normalized spacial score (nSPS) is 11.1. The van der Waals surface area contributed by atoms with Gasteiger partial charge in [0.05, 0.1) is 25.0 Å². The summed E-state index contributed by atoms with van der Waals surface area (Å²) in [5.41, 5.74) is 2.68. The van der Waals surface area contributed by atoms with Crippen LogP contribution in [0.4, 0.5) is 0 Å². The van der Waals surface area contributed by atoms with E-state index in [-0.39, 0.29) is 17.3 Å². The molecule has 2 aromatic carbocycles. The number of thiophene rings is 1. The first-order valence-electron chi connectivity index (χ1n) is 10.5. The van der Waals surface area contributed by atoms with Gasteiger partial charge >= 0.3 is 0 Å². The Kier molecular flexibility index (Phi) is 9.13. The van der Waals surface area contributed by atoms with Crippen molar-refractivity contribution in [3.8, 4) is 18.1 Å². The summed E-state index contributed by atoms with van der Waals surface area (Å²) >= 11 is 7.74. The molecule has 0 saturated carbocycles. The zero-order valence-electron chi connectivity index (χ0n) is 18.7. The highest BCUT2D eigenvalue weighted by Gasteiger charge is 2.18. The Labute approximate surface area is 209 Å². The predicted molar refractivity (Wildman–Crippen MR) is 136 cm³/mol. The topological polar surface area (TPSA) is 75.7 Å². The van der Waals surface area contributed by atoms with Gasteiger partial charge < -0.3 is 9.64 Å². The summed E-state index contributed by atoms with van der Waals surface area (Å²) in [6.45, 7) is 0.716. The Bertz CT molecular complexity index is 1250. The summed E-state index contributed by atoms with van der Waals surface area (Å²) in [6.07, 6.45) is 5.98. The van der Waals surface area contributed by atoms with Crippen LogP contribution >= 0.6 is 22.9 Å². The fourth-order valence-electron chi connectivity index (χ4n) is 3.37. The van der Waals surface area contributed by atoms with Gasteiger partial charge in [-0.25, -0.2) is 8.42 Å². The zero-order valence-corrected chi connectivity index (χ0v) is 21.0. The standard InChI is InChI=1S/C25H25ClN2O4S2/c1-3-12-27-34(30,31)23-7-4-19(5-8-23)10-13-28(25(29)15-20-11-14-33-18-20)17-21-16-22(26)6-9-24(21)32-2/h1,4-9,11,14,16,18,27H,10,12-13,15,17H2,2H3. The van der Waals surface area contributed by atoms with E-state index in [1.807, 2.05) is 16.8 Å². The average Bonchev–Trinajstić information content (AvgIpc) is 3.34. The molecule has 0 radical (unpaired) electrons. The Balaban J connectivity index is 1.75. The smallest absolute Gasteiger partial charge is 0.241 e. The second kappa shape index (κ2) is 12.0. The first-order chi connectivity index (χ1) is 16.3. The molecule has 3 rings (SSSR count). The first kappa shape index (κ1) is 25.8. The van der Waals surface area contributed by atoms with Crippen molar-refractivity contribution in [2.45, 2.75) is 24.3 Å². The summed E-state index contributed by atoms with van der Waals surface area (Å²) in [7, 11) is -2.07. The van der Waals surface area contributed by atoms with Gasteiger partial charge in [-0.3, -0.25) is 4.79 Å². The lowest BCUT2D eigenvalue weighted by Crippen LogP contribution is -2.33. The molecule has 178 valence electrons. The predicted octanol–water partition coefficient (Wildman–Crippen LogP) is 4.14. The molecule has 0 aliphatic carbocycles. The fourth-order valence-corrected chi connectivity index (χ4v) is 5.17. The minimum Gasteiger partial charge on any atom is -0.496 e. The number of carbonyl (C=O) groups is 1. The van der Waals surface area contributed by atoms with Crippen molar-refractivity contribution in [1.29, 1.82) is 0 Å². The maximum atomic E-state index is 13.2. The molecule has 0 bridgehead atoms. The van der Waals surface area contributed by atoms with E-state index in [0.717, 1.165) is 16.7 Å². The highest BCUT2D eigenvalue weighted by atomic mass is 35.5. The molecule has 0 saturated heterocycles. The molecule has 6 nitrogen and oxygen atoms in total. The van der Waals surface area contributed by atoms with Gasteiger partial charge in [0.15, 0.2) is 0 Å².